The molecular formula is C20H35N5O3. The van der Waals surface area contributed by atoms with Gasteiger partial charge >= 0.3 is 0 Å². The highest BCUT2D eigenvalue weighted by molar-refractivity contribution is 5.43. The van der Waals surface area contributed by atoms with E-state index >= 15 is 0 Å². The second-order valence-electron chi connectivity index (χ2n) is 8.03. The van der Waals surface area contributed by atoms with Gasteiger partial charge in [0, 0.05) is 38.4 Å². The lowest BCUT2D eigenvalue weighted by Crippen LogP contribution is -2.44. The predicted octanol–water partition coefficient (Wildman–Crippen LogP) is 0.837. The highest BCUT2D eigenvalue weighted by atomic mass is 16.4. The van der Waals surface area contributed by atoms with E-state index in [1.807, 2.05) is 12.3 Å². The molecule has 8 nitrogen and oxygen atoms in total. The maximum absolute atomic E-state index is 9.85. The molecule has 8 heteroatoms. The molecule has 0 bridgehead atoms. The third-order valence-corrected chi connectivity index (χ3v) is 5.78. The Morgan fingerprint density at radius 1 is 1.07 bits per heavy atom. The number of hydrogen-bond donors (Lipinski definition) is 4. The van der Waals surface area contributed by atoms with Gasteiger partial charge in [-0.1, -0.05) is 12.8 Å². The number of piperidine rings is 1. The first-order valence-corrected chi connectivity index (χ1v) is 10.7. The number of aliphatic hydroxyl groups is 3. The summed E-state index contributed by atoms with van der Waals surface area (Å²) in [5, 5.41) is 31.8. The molecule has 0 aliphatic carbocycles. The largest absolute Gasteiger partial charge is 0.394 e. The average molecular weight is 394 g/mol. The third kappa shape index (κ3) is 6.27. The number of nitrogens with zero attached hydrogens (tertiary/aromatic N) is 4. The van der Waals surface area contributed by atoms with E-state index in [0.29, 0.717) is 18.9 Å². The molecule has 2 saturated heterocycles. The quantitative estimate of drug-likeness (QED) is 0.515. The molecule has 3 atom stereocenters. The number of aromatic nitrogens is 2. The molecule has 158 valence electrons. The van der Waals surface area contributed by atoms with Gasteiger partial charge in [-0.15, -0.1) is 0 Å². The Hall–Kier alpha value is -1.48. The van der Waals surface area contributed by atoms with Gasteiger partial charge in [0.1, 0.15) is 11.9 Å². The number of aliphatic hydroxyl groups excluding tert-OH is 3. The van der Waals surface area contributed by atoms with Crippen LogP contribution < -0.4 is 10.2 Å². The molecule has 0 radical (unpaired) electrons. The summed E-state index contributed by atoms with van der Waals surface area (Å²) in [5.74, 6) is 1.69. The molecule has 2 aliphatic heterocycles. The number of anilines is 2. The Morgan fingerprint density at radius 3 is 2.61 bits per heavy atom. The Bertz CT molecular complexity index is 583. The minimum atomic E-state index is -1.06. The zero-order chi connectivity index (χ0) is 19.8. The first kappa shape index (κ1) is 21.2. The maximum atomic E-state index is 9.85. The van der Waals surface area contributed by atoms with Gasteiger partial charge in [0.05, 0.1) is 12.7 Å². The molecule has 1 unspecified atom stereocenters. The molecule has 3 heterocycles. The van der Waals surface area contributed by atoms with Crippen LogP contribution in [0.3, 0.4) is 0 Å². The van der Waals surface area contributed by atoms with E-state index in [1.54, 1.807) is 0 Å². The summed E-state index contributed by atoms with van der Waals surface area (Å²) in [5.41, 5.74) is 0. The molecule has 0 saturated carbocycles. The normalized spacial score (nSPS) is 23.8. The van der Waals surface area contributed by atoms with Crippen LogP contribution in [0.25, 0.3) is 0 Å². The Kier molecular flexibility index (Phi) is 8.27. The van der Waals surface area contributed by atoms with Crippen LogP contribution >= 0.6 is 0 Å². The average Bonchev–Trinajstić information content (AvgIpc) is 3.01. The minimum Gasteiger partial charge on any atom is -0.394 e. The van der Waals surface area contributed by atoms with Crippen LogP contribution in [-0.4, -0.2) is 87.8 Å². The van der Waals surface area contributed by atoms with Crippen LogP contribution in [0, 0.1) is 0 Å². The lowest BCUT2D eigenvalue weighted by atomic mass is 10.0. The van der Waals surface area contributed by atoms with Crippen molar-refractivity contribution < 1.29 is 15.3 Å². The zero-order valence-electron chi connectivity index (χ0n) is 16.7. The summed E-state index contributed by atoms with van der Waals surface area (Å²) < 4.78 is 0. The topological polar surface area (TPSA) is 105 Å². The van der Waals surface area contributed by atoms with Crippen LogP contribution in [0.5, 0.6) is 0 Å². The SMILES string of the molecule is OC[C@@H](O)[C@@H](O)CCN1CCCC(Nc2nccc(N3CCCCCC3)n2)C1. The van der Waals surface area contributed by atoms with Gasteiger partial charge in [0.25, 0.3) is 0 Å². The summed E-state index contributed by atoms with van der Waals surface area (Å²) in [6.45, 7) is 4.26. The Balaban J connectivity index is 1.51. The van der Waals surface area contributed by atoms with Crippen LogP contribution in [0.1, 0.15) is 44.9 Å². The Morgan fingerprint density at radius 2 is 1.86 bits per heavy atom. The number of rotatable bonds is 8. The van der Waals surface area contributed by atoms with E-state index in [4.69, 9.17) is 10.1 Å². The van der Waals surface area contributed by atoms with E-state index in [-0.39, 0.29) is 6.04 Å². The standard InChI is InChI=1S/C20H35N5O3/c26-15-18(28)17(27)8-13-24-10-5-6-16(14-24)22-20-21-9-7-19(23-20)25-11-3-1-2-4-12-25/h7,9,16-18,26-28H,1-6,8,10-15H2,(H,21,22,23)/t16?,17-,18+/m0/s1. The molecule has 2 aliphatic rings. The smallest absolute Gasteiger partial charge is 0.224 e. The fourth-order valence-corrected chi connectivity index (χ4v) is 4.08. The monoisotopic (exact) mass is 393 g/mol. The maximum Gasteiger partial charge on any atom is 0.224 e. The van der Waals surface area contributed by atoms with Gasteiger partial charge in [0.15, 0.2) is 0 Å². The number of hydrogen-bond acceptors (Lipinski definition) is 8. The fourth-order valence-electron chi connectivity index (χ4n) is 4.08. The zero-order valence-corrected chi connectivity index (χ0v) is 16.7. The molecule has 1 aromatic rings. The van der Waals surface area contributed by atoms with Gasteiger partial charge in [-0.2, -0.15) is 4.98 Å². The number of likely N-dealkylation sites (tertiary alicyclic amines) is 1. The summed E-state index contributed by atoms with van der Waals surface area (Å²) >= 11 is 0. The van der Waals surface area contributed by atoms with Crippen molar-refractivity contribution in [3.63, 3.8) is 0 Å². The molecule has 28 heavy (non-hydrogen) atoms. The summed E-state index contributed by atoms with van der Waals surface area (Å²) in [4.78, 5) is 13.8. The van der Waals surface area contributed by atoms with Gasteiger partial charge < -0.3 is 30.4 Å². The second kappa shape index (κ2) is 10.9. The summed E-state index contributed by atoms with van der Waals surface area (Å²) in [6, 6.07) is 2.27. The minimum absolute atomic E-state index is 0.271. The van der Waals surface area contributed by atoms with Crippen molar-refractivity contribution in [2.24, 2.45) is 0 Å². The molecule has 0 aromatic carbocycles. The molecular weight excluding hydrogens is 358 g/mol. The van der Waals surface area contributed by atoms with Gasteiger partial charge in [-0.25, -0.2) is 4.98 Å². The predicted molar refractivity (Wildman–Crippen MR) is 110 cm³/mol. The first-order chi connectivity index (χ1) is 13.7. The van der Waals surface area contributed by atoms with Crippen molar-refractivity contribution in [2.75, 3.05) is 49.5 Å². The van der Waals surface area contributed by atoms with Crippen molar-refractivity contribution >= 4 is 11.8 Å². The lowest BCUT2D eigenvalue weighted by molar-refractivity contribution is -0.0220. The molecule has 2 fully saturated rings. The van der Waals surface area contributed by atoms with E-state index in [9.17, 15) is 10.2 Å². The Labute approximate surface area is 167 Å². The molecule has 1 aromatic heterocycles. The van der Waals surface area contributed by atoms with Crippen molar-refractivity contribution in [3.8, 4) is 0 Å². The van der Waals surface area contributed by atoms with Gasteiger partial charge in [0.2, 0.25) is 5.95 Å². The van der Waals surface area contributed by atoms with E-state index in [0.717, 1.165) is 44.8 Å². The number of nitrogens with one attached hydrogen (secondary N) is 1. The van der Waals surface area contributed by atoms with Crippen LogP contribution in [0.15, 0.2) is 12.3 Å². The van der Waals surface area contributed by atoms with Gasteiger partial charge in [-0.3, -0.25) is 0 Å². The summed E-state index contributed by atoms with van der Waals surface area (Å²) in [7, 11) is 0. The van der Waals surface area contributed by atoms with Crippen molar-refractivity contribution in [1.29, 1.82) is 0 Å². The third-order valence-electron chi connectivity index (χ3n) is 5.78. The lowest BCUT2D eigenvalue weighted by Gasteiger charge is -2.34. The fraction of sp³-hybridized carbons (Fsp3) is 0.800. The van der Waals surface area contributed by atoms with E-state index in [2.05, 4.69) is 20.1 Å². The molecule has 0 amide bonds. The molecule has 3 rings (SSSR count). The molecule has 4 N–H and O–H groups in total. The van der Waals surface area contributed by atoms with Crippen molar-refractivity contribution in [2.45, 2.75) is 63.2 Å². The van der Waals surface area contributed by atoms with Crippen molar-refractivity contribution in [1.82, 2.24) is 14.9 Å². The highest BCUT2D eigenvalue weighted by Gasteiger charge is 2.23. The van der Waals surface area contributed by atoms with Crippen LogP contribution in [0.2, 0.25) is 0 Å². The van der Waals surface area contributed by atoms with Crippen LogP contribution in [0.4, 0.5) is 11.8 Å². The van der Waals surface area contributed by atoms with Gasteiger partial charge in [-0.05, 0) is 44.7 Å². The van der Waals surface area contributed by atoms with E-state index in [1.165, 1.54) is 25.7 Å². The van der Waals surface area contributed by atoms with E-state index < -0.39 is 18.8 Å². The highest BCUT2D eigenvalue weighted by Crippen LogP contribution is 2.20. The summed E-state index contributed by atoms with van der Waals surface area (Å²) in [6.07, 6.45) is 7.53. The second-order valence-corrected chi connectivity index (χ2v) is 8.03. The van der Waals surface area contributed by atoms with Crippen molar-refractivity contribution in [3.05, 3.63) is 12.3 Å². The molecule has 0 spiro atoms. The van der Waals surface area contributed by atoms with Crippen LogP contribution in [-0.2, 0) is 0 Å². The first-order valence-electron chi connectivity index (χ1n) is 10.7.